The van der Waals surface area contributed by atoms with Crippen molar-refractivity contribution in [2.75, 3.05) is 7.05 Å². The van der Waals surface area contributed by atoms with Crippen LogP contribution in [-0.2, 0) is 11.3 Å². The highest BCUT2D eigenvalue weighted by molar-refractivity contribution is 7.77. The molecular weight excluding hydrogens is 140 g/mol. The van der Waals surface area contributed by atoms with Gasteiger partial charge in [0.25, 0.3) is 0 Å². The lowest BCUT2D eigenvalue weighted by atomic mass is 10.4. The van der Waals surface area contributed by atoms with Crippen molar-refractivity contribution in [3.63, 3.8) is 0 Å². The van der Waals surface area contributed by atoms with E-state index in [0.29, 0.717) is 0 Å². The first-order chi connectivity index (χ1) is 4.04. The van der Waals surface area contributed by atoms with Gasteiger partial charge in [0, 0.05) is 13.1 Å². The van der Waals surface area contributed by atoms with Crippen LogP contribution < -0.4 is 4.83 Å². The predicted molar refractivity (Wildman–Crippen MR) is 36.8 cm³/mol. The van der Waals surface area contributed by atoms with Crippen LogP contribution in [0.2, 0.25) is 0 Å². The van der Waals surface area contributed by atoms with Crippen LogP contribution in [0.5, 0.6) is 0 Å². The fourth-order valence-corrected chi connectivity index (χ4v) is 0.686. The number of nitrogens with zero attached hydrogens (tertiary/aromatic N) is 1. The summed E-state index contributed by atoms with van der Waals surface area (Å²) in [5.74, 6) is 0. The molecule has 2 N–H and O–H groups in total. The lowest BCUT2D eigenvalue weighted by Crippen LogP contribution is -2.40. The van der Waals surface area contributed by atoms with Crippen molar-refractivity contribution in [2.45, 2.75) is 19.9 Å². The molecular formula is C4H12N2O2S. The van der Waals surface area contributed by atoms with E-state index in [-0.39, 0.29) is 6.04 Å². The smallest absolute Gasteiger partial charge is 0.246 e. The van der Waals surface area contributed by atoms with E-state index in [4.69, 9.17) is 4.55 Å². The lowest BCUT2D eigenvalue weighted by molar-refractivity contribution is 0.238. The van der Waals surface area contributed by atoms with Gasteiger partial charge in [-0.25, -0.2) is 9.22 Å². The van der Waals surface area contributed by atoms with Gasteiger partial charge in [-0.15, -0.1) is 4.83 Å². The topological polar surface area (TPSA) is 52.6 Å². The second-order valence-corrected chi connectivity index (χ2v) is 2.73. The largest absolute Gasteiger partial charge is 0.293 e. The molecule has 0 radical (unpaired) electrons. The van der Waals surface area contributed by atoms with Crippen molar-refractivity contribution < 1.29 is 8.76 Å². The van der Waals surface area contributed by atoms with E-state index in [9.17, 15) is 4.21 Å². The van der Waals surface area contributed by atoms with Gasteiger partial charge in [-0.05, 0) is 13.8 Å². The Kier molecular flexibility index (Phi) is 3.96. The van der Waals surface area contributed by atoms with Gasteiger partial charge in [0.2, 0.25) is 11.3 Å². The third kappa shape index (κ3) is 4.53. The highest BCUT2D eigenvalue weighted by atomic mass is 32.2. The molecule has 1 unspecified atom stereocenters. The van der Waals surface area contributed by atoms with E-state index < -0.39 is 11.3 Å². The Morgan fingerprint density at radius 2 is 2.11 bits per heavy atom. The summed E-state index contributed by atoms with van der Waals surface area (Å²) in [6.07, 6.45) is 0. The van der Waals surface area contributed by atoms with Gasteiger partial charge in [-0.3, -0.25) is 4.55 Å². The zero-order valence-corrected chi connectivity index (χ0v) is 6.60. The molecule has 0 fully saturated rings. The Morgan fingerprint density at radius 3 is 2.22 bits per heavy atom. The second-order valence-electron chi connectivity index (χ2n) is 2.05. The van der Waals surface area contributed by atoms with E-state index >= 15 is 0 Å². The van der Waals surface area contributed by atoms with Crippen LogP contribution in [0.15, 0.2) is 0 Å². The van der Waals surface area contributed by atoms with Crippen molar-refractivity contribution in [1.82, 2.24) is 9.84 Å². The summed E-state index contributed by atoms with van der Waals surface area (Å²) in [4.78, 5) is 2.30. The SMILES string of the molecule is CC(C)N(C)NS(=O)O. The molecule has 0 bridgehead atoms. The van der Waals surface area contributed by atoms with Crippen molar-refractivity contribution in [1.29, 1.82) is 0 Å². The van der Waals surface area contributed by atoms with Gasteiger partial charge in [-0.1, -0.05) is 0 Å². The minimum atomic E-state index is -1.94. The molecule has 0 saturated carbocycles. The summed E-state index contributed by atoms with van der Waals surface area (Å²) >= 11 is -1.94. The molecule has 1 atom stereocenters. The first-order valence-electron chi connectivity index (χ1n) is 2.64. The fraction of sp³-hybridized carbons (Fsp3) is 1.00. The average Bonchev–Trinajstić information content (AvgIpc) is 1.63. The molecule has 0 aromatic carbocycles. The minimum Gasteiger partial charge on any atom is -0.293 e. The molecule has 0 heterocycles. The summed E-state index contributed by atoms with van der Waals surface area (Å²) in [5, 5.41) is 1.57. The van der Waals surface area contributed by atoms with Crippen molar-refractivity contribution in [3.8, 4) is 0 Å². The fourth-order valence-electron chi connectivity index (χ4n) is 0.229. The summed E-state index contributed by atoms with van der Waals surface area (Å²) in [5.41, 5.74) is 0. The molecule has 0 rings (SSSR count). The van der Waals surface area contributed by atoms with E-state index in [0.717, 1.165) is 0 Å². The summed E-state index contributed by atoms with van der Waals surface area (Å²) in [6, 6.07) is 0.223. The Hall–Kier alpha value is 0.0300. The average molecular weight is 152 g/mol. The third-order valence-corrected chi connectivity index (χ3v) is 1.44. The van der Waals surface area contributed by atoms with Gasteiger partial charge in [-0.2, -0.15) is 0 Å². The summed E-state index contributed by atoms with van der Waals surface area (Å²) in [6.45, 7) is 3.83. The van der Waals surface area contributed by atoms with Crippen LogP contribution in [0.25, 0.3) is 0 Å². The maximum atomic E-state index is 10.1. The van der Waals surface area contributed by atoms with E-state index in [2.05, 4.69) is 4.83 Å². The highest BCUT2D eigenvalue weighted by Gasteiger charge is 2.02. The van der Waals surface area contributed by atoms with Crippen molar-refractivity contribution in [2.24, 2.45) is 0 Å². The monoisotopic (exact) mass is 152 g/mol. The van der Waals surface area contributed by atoms with Crippen LogP contribution in [0, 0.1) is 0 Å². The Bertz CT molecular complexity index is 107. The Labute approximate surface area is 57.6 Å². The maximum absolute atomic E-state index is 10.1. The first-order valence-corrected chi connectivity index (χ1v) is 3.74. The van der Waals surface area contributed by atoms with E-state index in [1.165, 1.54) is 0 Å². The standard InChI is InChI=1S/C4H12N2O2S/c1-4(2)6(3)5-9(7)8/h4-5H,1-3H3,(H,7,8). The van der Waals surface area contributed by atoms with Crippen LogP contribution in [-0.4, -0.2) is 26.9 Å². The number of nitrogens with one attached hydrogen (secondary N) is 1. The molecule has 0 amide bonds. The van der Waals surface area contributed by atoms with Crippen LogP contribution in [0.3, 0.4) is 0 Å². The summed E-state index contributed by atoms with van der Waals surface area (Å²) in [7, 11) is 1.71. The molecule has 0 aliphatic carbocycles. The first kappa shape index (κ1) is 9.03. The molecule has 0 saturated heterocycles. The van der Waals surface area contributed by atoms with Crippen molar-refractivity contribution in [3.05, 3.63) is 0 Å². The normalized spacial score (nSPS) is 14.9. The number of hydrazine groups is 1. The molecule has 0 aliphatic heterocycles. The van der Waals surface area contributed by atoms with Gasteiger partial charge in [0.05, 0.1) is 0 Å². The Balaban J connectivity index is 3.50. The zero-order chi connectivity index (χ0) is 7.44. The van der Waals surface area contributed by atoms with Gasteiger partial charge in [0.1, 0.15) is 0 Å². The van der Waals surface area contributed by atoms with Gasteiger partial charge < -0.3 is 0 Å². The minimum absolute atomic E-state index is 0.223. The molecule has 9 heavy (non-hydrogen) atoms. The quantitative estimate of drug-likeness (QED) is 0.441. The van der Waals surface area contributed by atoms with Crippen LogP contribution in [0.4, 0.5) is 0 Å². The number of hydrogen-bond donors (Lipinski definition) is 2. The molecule has 56 valence electrons. The maximum Gasteiger partial charge on any atom is 0.246 e. The van der Waals surface area contributed by atoms with Crippen molar-refractivity contribution >= 4 is 11.3 Å². The molecule has 0 aliphatic rings. The highest BCUT2D eigenvalue weighted by Crippen LogP contribution is 1.86. The molecule has 4 nitrogen and oxygen atoms in total. The van der Waals surface area contributed by atoms with Crippen LogP contribution >= 0.6 is 0 Å². The third-order valence-electron chi connectivity index (χ3n) is 0.997. The van der Waals surface area contributed by atoms with Crippen LogP contribution in [0.1, 0.15) is 13.8 Å². The molecule has 0 aromatic rings. The second kappa shape index (κ2) is 3.94. The Morgan fingerprint density at radius 1 is 1.67 bits per heavy atom. The lowest BCUT2D eigenvalue weighted by Gasteiger charge is -2.18. The molecule has 0 aromatic heterocycles. The number of hydrogen-bond acceptors (Lipinski definition) is 2. The molecule has 0 spiro atoms. The molecule has 5 heteroatoms. The van der Waals surface area contributed by atoms with Gasteiger partial charge >= 0.3 is 0 Å². The predicted octanol–water partition coefficient (Wildman–Crippen LogP) is -0.0321. The zero-order valence-electron chi connectivity index (χ0n) is 5.79. The number of rotatable bonds is 3. The summed E-state index contributed by atoms with van der Waals surface area (Å²) < 4.78 is 18.4. The van der Waals surface area contributed by atoms with Gasteiger partial charge in [0.15, 0.2) is 0 Å². The van der Waals surface area contributed by atoms with E-state index in [1.807, 2.05) is 13.8 Å². The van der Waals surface area contributed by atoms with E-state index in [1.54, 1.807) is 12.1 Å².